The molecule has 0 saturated heterocycles. The first kappa shape index (κ1) is 34.0. The fraction of sp³-hybridized carbons (Fsp3) is 1.00. The van der Waals surface area contributed by atoms with Crippen molar-refractivity contribution in [1.82, 2.24) is 0 Å². The van der Waals surface area contributed by atoms with Crippen molar-refractivity contribution >= 4 is 0 Å². The summed E-state index contributed by atoms with van der Waals surface area (Å²) >= 11 is 0. The highest BCUT2D eigenvalue weighted by Crippen LogP contribution is 2.49. The molecule has 7 atom stereocenters. The van der Waals surface area contributed by atoms with Crippen LogP contribution < -0.4 is 0 Å². The Bertz CT molecular complexity index is 424. The summed E-state index contributed by atoms with van der Waals surface area (Å²) in [5, 5.41) is 0. The van der Waals surface area contributed by atoms with Crippen LogP contribution in [-0.2, 0) is 0 Å². The first-order valence-electron chi connectivity index (χ1n) is 16.3. The van der Waals surface area contributed by atoms with E-state index in [4.69, 9.17) is 0 Å². The van der Waals surface area contributed by atoms with Crippen LogP contribution in [0.4, 0.5) is 0 Å². The molecule has 0 heterocycles. The van der Waals surface area contributed by atoms with E-state index in [1.165, 1.54) is 103 Å². The molecule has 0 aromatic heterocycles. The monoisotopic (exact) mass is 479 g/mol. The summed E-state index contributed by atoms with van der Waals surface area (Å²) in [5.74, 6) is 7.62. The Morgan fingerprint density at radius 1 is 0.588 bits per heavy atom. The molecule has 0 N–H and O–H groups in total. The Hall–Kier alpha value is 0. The molecule has 0 spiro atoms. The van der Waals surface area contributed by atoms with E-state index in [1.54, 1.807) is 0 Å². The molecule has 0 heteroatoms. The second-order valence-electron chi connectivity index (χ2n) is 12.7. The van der Waals surface area contributed by atoms with Crippen molar-refractivity contribution in [3.05, 3.63) is 0 Å². The molecule has 0 aliphatic heterocycles. The predicted molar refractivity (Wildman–Crippen MR) is 159 cm³/mol. The van der Waals surface area contributed by atoms with Gasteiger partial charge in [-0.3, -0.25) is 0 Å². The summed E-state index contributed by atoms with van der Waals surface area (Å²) < 4.78 is 0. The molecule has 1 aliphatic rings. The molecular formula is C34H70. The van der Waals surface area contributed by atoms with Crippen LogP contribution in [-0.4, -0.2) is 0 Å². The van der Waals surface area contributed by atoms with Crippen molar-refractivity contribution in [2.45, 2.75) is 172 Å². The van der Waals surface area contributed by atoms with E-state index in [0.29, 0.717) is 0 Å². The number of hydrogen-bond acceptors (Lipinski definition) is 0. The standard InChI is InChI=1S/C27H54.C7H16/c1-8-11-13-14-18-25(22(6)17-12-9-2)27-20-15-19-26(27)23(7)24(16-10-3)21(4)5;1-4-6-7(3)5-2/h21-27H,8-20H2,1-7H3;7H,4-6H2,1-3H3. The first-order valence-corrected chi connectivity index (χ1v) is 16.3. The average Bonchev–Trinajstić information content (AvgIpc) is 3.30. The minimum absolute atomic E-state index is 0.849. The number of hydrogen-bond donors (Lipinski definition) is 0. The Morgan fingerprint density at radius 3 is 1.71 bits per heavy atom. The maximum Gasteiger partial charge on any atom is -0.0352 e. The van der Waals surface area contributed by atoms with Crippen LogP contribution in [0.2, 0.25) is 0 Å². The van der Waals surface area contributed by atoms with Crippen LogP contribution in [0.1, 0.15) is 172 Å². The second kappa shape index (κ2) is 21.1. The molecule has 34 heavy (non-hydrogen) atoms. The van der Waals surface area contributed by atoms with Gasteiger partial charge in [0, 0.05) is 0 Å². The number of rotatable bonds is 18. The molecule has 0 amide bonds. The third kappa shape index (κ3) is 13.3. The third-order valence-electron chi connectivity index (χ3n) is 9.62. The van der Waals surface area contributed by atoms with Crippen LogP contribution in [0.5, 0.6) is 0 Å². The zero-order valence-corrected chi connectivity index (χ0v) is 25.9. The van der Waals surface area contributed by atoms with E-state index in [2.05, 4.69) is 69.2 Å². The highest BCUT2D eigenvalue weighted by atomic mass is 14.5. The van der Waals surface area contributed by atoms with E-state index < -0.39 is 0 Å². The Labute approximate surface area is 219 Å². The van der Waals surface area contributed by atoms with Crippen molar-refractivity contribution in [3.8, 4) is 0 Å². The molecule has 7 unspecified atom stereocenters. The second-order valence-corrected chi connectivity index (χ2v) is 12.7. The van der Waals surface area contributed by atoms with Gasteiger partial charge in [0.05, 0.1) is 0 Å². The van der Waals surface area contributed by atoms with Gasteiger partial charge < -0.3 is 0 Å². The third-order valence-corrected chi connectivity index (χ3v) is 9.62. The molecule has 1 rings (SSSR count). The lowest BCUT2D eigenvalue weighted by molar-refractivity contribution is 0.0926. The minimum Gasteiger partial charge on any atom is -0.0654 e. The molecule has 0 aromatic rings. The SMILES string of the molecule is CCCC(C)CC.CCCCCCC(C(C)CCCC)C1CCCC1C(C)C(CCC)C(C)C. The van der Waals surface area contributed by atoms with E-state index in [0.717, 1.165) is 47.3 Å². The summed E-state index contributed by atoms with van der Waals surface area (Å²) in [6, 6.07) is 0. The largest absolute Gasteiger partial charge is 0.0654 e. The van der Waals surface area contributed by atoms with Crippen LogP contribution in [0, 0.1) is 47.3 Å². The van der Waals surface area contributed by atoms with Gasteiger partial charge in [0.1, 0.15) is 0 Å². The molecule has 1 aliphatic carbocycles. The lowest BCUT2D eigenvalue weighted by Gasteiger charge is -2.40. The van der Waals surface area contributed by atoms with Gasteiger partial charge in [0.15, 0.2) is 0 Å². The molecule has 0 aromatic carbocycles. The molecule has 0 nitrogen and oxygen atoms in total. The molecule has 0 radical (unpaired) electrons. The fourth-order valence-corrected chi connectivity index (χ4v) is 7.22. The molecular weight excluding hydrogens is 408 g/mol. The highest BCUT2D eigenvalue weighted by Gasteiger charge is 2.40. The van der Waals surface area contributed by atoms with Gasteiger partial charge in [-0.1, -0.05) is 153 Å². The Morgan fingerprint density at radius 2 is 1.21 bits per heavy atom. The van der Waals surface area contributed by atoms with Gasteiger partial charge in [-0.25, -0.2) is 0 Å². The van der Waals surface area contributed by atoms with E-state index in [9.17, 15) is 0 Å². The van der Waals surface area contributed by atoms with E-state index in [1.807, 2.05) is 0 Å². The molecule has 0 bridgehead atoms. The quantitative estimate of drug-likeness (QED) is 0.172. The topological polar surface area (TPSA) is 0 Å². The summed E-state index contributed by atoms with van der Waals surface area (Å²) in [7, 11) is 0. The maximum absolute atomic E-state index is 2.63. The fourth-order valence-electron chi connectivity index (χ4n) is 7.22. The van der Waals surface area contributed by atoms with Crippen LogP contribution in [0.25, 0.3) is 0 Å². The Kier molecular flexibility index (Phi) is 21.1. The smallest absolute Gasteiger partial charge is 0.0352 e. The van der Waals surface area contributed by atoms with E-state index in [-0.39, 0.29) is 0 Å². The van der Waals surface area contributed by atoms with Gasteiger partial charge >= 0.3 is 0 Å². The molecule has 206 valence electrons. The summed E-state index contributed by atoms with van der Waals surface area (Å²) in [4.78, 5) is 0. The zero-order chi connectivity index (χ0) is 25.9. The van der Waals surface area contributed by atoms with Gasteiger partial charge in [0.2, 0.25) is 0 Å². The molecule has 1 saturated carbocycles. The van der Waals surface area contributed by atoms with Crippen molar-refractivity contribution in [1.29, 1.82) is 0 Å². The summed E-state index contributed by atoms with van der Waals surface area (Å²) in [6.45, 7) is 24.1. The van der Waals surface area contributed by atoms with Gasteiger partial charge in [0.25, 0.3) is 0 Å². The van der Waals surface area contributed by atoms with Crippen LogP contribution in [0.3, 0.4) is 0 Å². The average molecular weight is 479 g/mol. The van der Waals surface area contributed by atoms with Crippen molar-refractivity contribution in [2.75, 3.05) is 0 Å². The highest BCUT2D eigenvalue weighted by molar-refractivity contribution is 4.90. The normalized spacial score (nSPS) is 22.7. The molecule has 1 fully saturated rings. The van der Waals surface area contributed by atoms with Gasteiger partial charge in [-0.05, 0) is 66.6 Å². The number of unbranched alkanes of at least 4 members (excludes halogenated alkanes) is 4. The van der Waals surface area contributed by atoms with Crippen LogP contribution in [0.15, 0.2) is 0 Å². The lowest BCUT2D eigenvalue weighted by Crippen LogP contribution is -2.33. The first-order chi connectivity index (χ1) is 16.3. The minimum atomic E-state index is 0.849. The van der Waals surface area contributed by atoms with Crippen molar-refractivity contribution in [2.24, 2.45) is 47.3 Å². The maximum atomic E-state index is 2.63. The summed E-state index contributed by atoms with van der Waals surface area (Å²) in [5.41, 5.74) is 0. The van der Waals surface area contributed by atoms with Crippen molar-refractivity contribution in [3.63, 3.8) is 0 Å². The van der Waals surface area contributed by atoms with Crippen molar-refractivity contribution < 1.29 is 0 Å². The summed E-state index contributed by atoms with van der Waals surface area (Å²) in [6.07, 6.45) is 23.0. The Balaban J connectivity index is 0.00000135. The van der Waals surface area contributed by atoms with Crippen LogP contribution >= 0.6 is 0 Å². The van der Waals surface area contributed by atoms with Gasteiger partial charge in [-0.2, -0.15) is 0 Å². The zero-order valence-electron chi connectivity index (χ0n) is 25.9. The predicted octanol–water partition coefficient (Wildman–Crippen LogP) is 12.4. The van der Waals surface area contributed by atoms with E-state index >= 15 is 0 Å². The lowest BCUT2D eigenvalue weighted by atomic mass is 9.66. The van der Waals surface area contributed by atoms with Gasteiger partial charge in [-0.15, -0.1) is 0 Å².